The van der Waals surface area contributed by atoms with E-state index in [0.29, 0.717) is 25.7 Å². The molecule has 3 N–H and O–H groups in total. The van der Waals surface area contributed by atoms with Crippen LogP contribution >= 0.6 is 15.6 Å². The molecular formula is C77H150O17P2. The fourth-order valence-electron chi connectivity index (χ4n) is 11.8. The molecule has 0 aromatic rings. The largest absolute Gasteiger partial charge is 0.472 e. The summed E-state index contributed by atoms with van der Waals surface area (Å²) in [6, 6.07) is 0. The second-order valence-corrected chi connectivity index (χ2v) is 31.1. The maximum atomic E-state index is 13.1. The number of carbonyl (C=O) groups excluding carboxylic acids is 4. The number of hydrogen-bond donors (Lipinski definition) is 3. The molecule has 0 aliphatic carbocycles. The van der Waals surface area contributed by atoms with Gasteiger partial charge in [-0.1, -0.05) is 350 Å². The number of carbonyl (C=O) groups is 4. The van der Waals surface area contributed by atoms with Crippen molar-refractivity contribution in [2.75, 3.05) is 39.6 Å². The molecule has 19 heteroatoms. The van der Waals surface area contributed by atoms with E-state index in [9.17, 15) is 43.2 Å². The predicted molar refractivity (Wildman–Crippen MR) is 391 cm³/mol. The van der Waals surface area contributed by atoms with Crippen LogP contribution in [0.15, 0.2) is 0 Å². The van der Waals surface area contributed by atoms with Gasteiger partial charge in [-0.3, -0.25) is 37.3 Å². The SMILES string of the molecule is CCCCCCCCCCCCCCCCCCC(=O)O[C@H](COC(=O)CCCCCCCCCCCCC(C)CC)COP(=O)(O)OC[C@@H](O)COP(=O)(O)OC[C@@H](COC(=O)CCCCCCCCCCCCCC)OC(=O)CCCCCCCCCCCCC(C)CC. The Morgan fingerprint density at radius 1 is 0.292 bits per heavy atom. The van der Waals surface area contributed by atoms with Gasteiger partial charge >= 0.3 is 39.5 Å². The summed E-state index contributed by atoms with van der Waals surface area (Å²) in [5, 5.41) is 10.6. The molecular weight excluding hydrogens is 1260 g/mol. The molecule has 0 bridgehead atoms. The minimum absolute atomic E-state index is 0.107. The van der Waals surface area contributed by atoms with E-state index in [4.69, 9.17) is 37.0 Å². The summed E-state index contributed by atoms with van der Waals surface area (Å²) in [6.07, 6.45) is 56.5. The Morgan fingerprint density at radius 2 is 0.500 bits per heavy atom. The molecule has 0 aromatic heterocycles. The number of rotatable bonds is 76. The molecule has 0 saturated carbocycles. The molecule has 570 valence electrons. The number of hydrogen-bond acceptors (Lipinski definition) is 15. The van der Waals surface area contributed by atoms with Crippen molar-refractivity contribution in [2.24, 2.45) is 11.8 Å². The van der Waals surface area contributed by atoms with Gasteiger partial charge in [-0.25, -0.2) is 9.13 Å². The van der Waals surface area contributed by atoms with Crippen molar-refractivity contribution in [3.8, 4) is 0 Å². The van der Waals surface area contributed by atoms with Crippen molar-refractivity contribution in [3.05, 3.63) is 0 Å². The summed E-state index contributed by atoms with van der Waals surface area (Å²) >= 11 is 0. The van der Waals surface area contributed by atoms with Crippen LogP contribution in [-0.4, -0.2) is 96.7 Å². The van der Waals surface area contributed by atoms with E-state index in [2.05, 4.69) is 41.5 Å². The summed E-state index contributed by atoms with van der Waals surface area (Å²) < 4.78 is 68.6. The maximum Gasteiger partial charge on any atom is 0.472 e. The first kappa shape index (κ1) is 94.1. The number of aliphatic hydroxyl groups is 1. The lowest BCUT2D eigenvalue weighted by atomic mass is 9.99. The summed E-state index contributed by atoms with van der Waals surface area (Å²) in [7, 11) is -9.91. The van der Waals surface area contributed by atoms with Gasteiger partial charge in [-0.05, 0) is 37.5 Å². The first-order valence-electron chi connectivity index (χ1n) is 40.1. The fourth-order valence-corrected chi connectivity index (χ4v) is 13.3. The Morgan fingerprint density at radius 3 is 0.740 bits per heavy atom. The van der Waals surface area contributed by atoms with Gasteiger partial charge in [0.25, 0.3) is 0 Å². The van der Waals surface area contributed by atoms with E-state index in [1.807, 2.05) is 0 Å². The van der Waals surface area contributed by atoms with E-state index >= 15 is 0 Å². The Labute approximate surface area is 588 Å². The first-order chi connectivity index (χ1) is 46.4. The second-order valence-electron chi connectivity index (χ2n) is 28.2. The van der Waals surface area contributed by atoms with Gasteiger partial charge < -0.3 is 33.8 Å². The van der Waals surface area contributed by atoms with Crippen molar-refractivity contribution in [2.45, 2.75) is 419 Å². The zero-order chi connectivity index (χ0) is 70.7. The minimum atomic E-state index is -4.96. The quantitative estimate of drug-likeness (QED) is 0.0222. The highest BCUT2D eigenvalue weighted by Crippen LogP contribution is 2.45. The molecule has 0 rings (SSSR count). The highest BCUT2D eigenvalue weighted by Gasteiger charge is 2.30. The van der Waals surface area contributed by atoms with Crippen LogP contribution in [0.5, 0.6) is 0 Å². The number of phosphoric acid groups is 2. The maximum absolute atomic E-state index is 13.1. The molecule has 7 atom stereocenters. The normalized spacial score (nSPS) is 14.6. The van der Waals surface area contributed by atoms with Gasteiger partial charge in [0.2, 0.25) is 0 Å². The van der Waals surface area contributed by atoms with E-state index < -0.39 is 97.5 Å². The van der Waals surface area contributed by atoms with Crippen molar-refractivity contribution < 1.29 is 80.2 Å². The zero-order valence-electron chi connectivity index (χ0n) is 62.7. The highest BCUT2D eigenvalue weighted by molar-refractivity contribution is 7.47. The predicted octanol–water partition coefficient (Wildman–Crippen LogP) is 22.7. The molecule has 0 spiro atoms. The van der Waals surface area contributed by atoms with E-state index in [1.54, 1.807) is 0 Å². The van der Waals surface area contributed by atoms with E-state index in [0.717, 1.165) is 102 Å². The standard InChI is InChI=1S/C77H150O17P2/c1-7-11-13-15-17-19-21-23-24-25-26-28-37-43-49-55-61-76(81)93-72(66-88-75(80)60-54-48-42-36-31-29-33-39-45-51-57-69(5)9-3)67-91-95(83,84)89-63-71(78)64-90-96(85,86)92-68-73(65-87-74(79)59-53-47-41-35-27-22-20-18-16-14-12-8-2)94-77(82)62-56-50-44-38-32-30-34-40-46-52-58-70(6)10-4/h69-73,78H,7-68H2,1-6H3,(H,83,84)(H,85,86)/t69?,70?,71-,72-,73-/m1/s1. The monoisotopic (exact) mass is 1410 g/mol. The Balaban J connectivity index is 5.28. The average Bonchev–Trinajstić information content (AvgIpc) is 2.66. The third kappa shape index (κ3) is 67.9. The smallest absolute Gasteiger partial charge is 0.462 e. The molecule has 0 radical (unpaired) electrons. The lowest BCUT2D eigenvalue weighted by molar-refractivity contribution is -0.161. The Kier molecular flexibility index (Phi) is 67.4. The van der Waals surface area contributed by atoms with Crippen LogP contribution in [-0.2, 0) is 65.4 Å². The van der Waals surface area contributed by atoms with Gasteiger partial charge in [0.05, 0.1) is 26.4 Å². The molecule has 0 aromatic carbocycles. The number of aliphatic hydroxyl groups excluding tert-OH is 1. The highest BCUT2D eigenvalue weighted by atomic mass is 31.2. The van der Waals surface area contributed by atoms with Crippen LogP contribution in [0, 0.1) is 11.8 Å². The second kappa shape index (κ2) is 68.8. The lowest BCUT2D eigenvalue weighted by Gasteiger charge is -2.21. The van der Waals surface area contributed by atoms with Gasteiger partial charge in [-0.15, -0.1) is 0 Å². The molecule has 0 aliphatic heterocycles. The number of ether oxygens (including phenoxy) is 4. The third-order valence-corrected chi connectivity index (χ3v) is 20.6. The minimum Gasteiger partial charge on any atom is -0.462 e. The molecule has 0 fully saturated rings. The topological polar surface area (TPSA) is 237 Å². The first-order valence-corrected chi connectivity index (χ1v) is 43.1. The summed E-state index contributed by atoms with van der Waals surface area (Å²) in [5.41, 5.74) is 0. The van der Waals surface area contributed by atoms with Gasteiger partial charge in [0, 0.05) is 25.7 Å². The lowest BCUT2D eigenvalue weighted by Crippen LogP contribution is -2.30. The van der Waals surface area contributed by atoms with Crippen LogP contribution in [0.3, 0.4) is 0 Å². The summed E-state index contributed by atoms with van der Waals surface area (Å²) in [6.45, 7) is 9.67. The Bertz CT molecular complexity index is 1860. The Hall–Kier alpha value is -1.94. The number of esters is 4. The molecule has 96 heavy (non-hydrogen) atoms. The summed E-state index contributed by atoms with van der Waals surface area (Å²) in [5.74, 6) is -0.499. The number of unbranched alkanes of at least 4 members (excludes halogenated alkanes) is 44. The van der Waals surface area contributed by atoms with Gasteiger partial charge in [0.1, 0.15) is 19.3 Å². The molecule has 17 nitrogen and oxygen atoms in total. The van der Waals surface area contributed by atoms with Gasteiger partial charge in [-0.2, -0.15) is 0 Å². The van der Waals surface area contributed by atoms with Crippen molar-refractivity contribution in [1.29, 1.82) is 0 Å². The molecule has 4 unspecified atom stereocenters. The number of phosphoric ester groups is 2. The van der Waals surface area contributed by atoms with E-state index in [1.165, 1.54) is 218 Å². The van der Waals surface area contributed by atoms with Crippen LogP contribution in [0.2, 0.25) is 0 Å². The van der Waals surface area contributed by atoms with Gasteiger partial charge in [0.15, 0.2) is 12.2 Å². The molecule has 0 amide bonds. The third-order valence-electron chi connectivity index (χ3n) is 18.7. The zero-order valence-corrected chi connectivity index (χ0v) is 64.5. The summed E-state index contributed by atoms with van der Waals surface area (Å²) in [4.78, 5) is 72.9. The average molecular weight is 1410 g/mol. The fraction of sp³-hybridized carbons (Fsp3) is 0.948. The van der Waals surface area contributed by atoms with Crippen molar-refractivity contribution >= 4 is 39.5 Å². The van der Waals surface area contributed by atoms with Crippen molar-refractivity contribution in [1.82, 2.24) is 0 Å². The van der Waals surface area contributed by atoms with E-state index in [-0.39, 0.29) is 25.7 Å². The van der Waals surface area contributed by atoms with Crippen LogP contribution in [0.1, 0.15) is 401 Å². The van der Waals surface area contributed by atoms with Crippen LogP contribution < -0.4 is 0 Å². The molecule has 0 saturated heterocycles. The van der Waals surface area contributed by atoms with Crippen molar-refractivity contribution in [3.63, 3.8) is 0 Å². The molecule has 0 aliphatic rings. The van der Waals surface area contributed by atoms with Crippen LogP contribution in [0.4, 0.5) is 0 Å². The van der Waals surface area contributed by atoms with Crippen LogP contribution in [0.25, 0.3) is 0 Å². The molecule has 0 heterocycles.